The molecule has 0 radical (unpaired) electrons. The second-order valence-corrected chi connectivity index (χ2v) is 6.29. The number of rotatable bonds is 3. The van der Waals surface area contributed by atoms with Crippen molar-refractivity contribution in [3.63, 3.8) is 0 Å². The maximum Gasteiger partial charge on any atom is 0.255 e. The Balaban J connectivity index is 1.92. The third-order valence-electron chi connectivity index (χ3n) is 3.23. The smallest absolute Gasteiger partial charge is 0.255 e. The van der Waals surface area contributed by atoms with E-state index in [2.05, 4.69) is 39.7 Å². The Morgan fingerprint density at radius 2 is 2.00 bits per heavy atom. The van der Waals surface area contributed by atoms with Gasteiger partial charge in [0, 0.05) is 49.6 Å². The van der Waals surface area contributed by atoms with Crippen LogP contribution in [0.1, 0.15) is 24.2 Å². The molecule has 0 bridgehead atoms. The molecule has 2 heterocycles. The van der Waals surface area contributed by atoms with Gasteiger partial charge in [0.15, 0.2) is 0 Å². The van der Waals surface area contributed by atoms with Crippen LogP contribution in [-0.4, -0.2) is 53.4 Å². The lowest BCUT2D eigenvalue weighted by atomic mass is 10.1. The van der Waals surface area contributed by atoms with E-state index in [1.807, 2.05) is 11.0 Å². The van der Waals surface area contributed by atoms with Crippen molar-refractivity contribution in [3.8, 4) is 0 Å². The number of amides is 1. The Hall–Kier alpha value is -0.940. The first-order valence-corrected chi connectivity index (χ1v) is 7.47. The van der Waals surface area contributed by atoms with Crippen LogP contribution in [0.4, 0.5) is 0 Å². The molecular formula is C14H20BrN3O. The number of halogens is 1. The van der Waals surface area contributed by atoms with Crippen LogP contribution >= 0.6 is 15.9 Å². The molecule has 1 fully saturated rings. The van der Waals surface area contributed by atoms with Gasteiger partial charge in [-0.1, -0.05) is 13.8 Å². The summed E-state index contributed by atoms with van der Waals surface area (Å²) in [6.07, 6.45) is 3.32. The van der Waals surface area contributed by atoms with E-state index in [0.717, 1.165) is 37.2 Å². The van der Waals surface area contributed by atoms with Crippen molar-refractivity contribution in [3.05, 3.63) is 28.5 Å². The van der Waals surface area contributed by atoms with Crippen molar-refractivity contribution < 1.29 is 4.79 Å². The van der Waals surface area contributed by atoms with Crippen molar-refractivity contribution in [1.82, 2.24) is 14.8 Å². The van der Waals surface area contributed by atoms with Gasteiger partial charge >= 0.3 is 0 Å². The fourth-order valence-electron chi connectivity index (χ4n) is 2.36. The molecule has 19 heavy (non-hydrogen) atoms. The number of carbonyl (C=O) groups excluding carboxylic acids is 1. The van der Waals surface area contributed by atoms with Crippen molar-refractivity contribution >= 4 is 21.8 Å². The molecule has 1 amide bonds. The minimum Gasteiger partial charge on any atom is -0.336 e. The van der Waals surface area contributed by atoms with Gasteiger partial charge < -0.3 is 4.90 Å². The van der Waals surface area contributed by atoms with E-state index in [1.165, 1.54) is 0 Å². The largest absolute Gasteiger partial charge is 0.336 e. The van der Waals surface area contributed by atoms with Gasteiger partial charge in [-0.3, -0.25) is 14.7 Å². The van der Waals surface area contributed by atoms with Crippen LogP contribution in [0.2, 0.25) is 0 Å². The summed E-state index contributed by atoms with van der Waals surface area (Å²) in [6, 6.07) is 1.83. The molecule has 1 aliphatic heterocycles. The minimum absolute atomic E-state index is 0.0815. The molecule has 104 valence electrons. The van der Waals surface area contributed by atoms with E-state index in [4.69, 9.17) is 0 Å². The van der Waals surface area contributed by atoms with Crippen molar-refractivity contribution in [2.75, 3.05) is 32.7 Å². The maximum absolute atomic E-state index is 12.3. The van der Waals surface area contributed by atoms with Crippen LogP contribution in [0.3, 0.4) is 0 Å². The van der Waals surface area contributed by atoms with Gasteiger partial charge in [0.05, 0.1) is 5.56 Å². The highest BCUT2D eigenvalue weighted by molar-refractivity contribution is 9.10. The van der Waals surface area contributed by atoms with Crippen LogP contribution in [0, 0.1) is 5.92 Å². The van der Waals surface area contributed by atoms with Crippen LogP contribution in [-0.2, 0) is 0 Å². The van der Waals surface area contributed by atoms with Crippen LogP contribution in [0.15, 0.2) is 22.9 Å². The highest BCUT2D eigenvalue weighted by Crippen LogP contribution is 2.13. The molecule has 0 aromatic carbocycles. The molecule has 0 saturated carbocycles. The molecule has 0 unspecified atom stereocenters. The van der Waals surface area contributed by atoms with E-state index in [1.54, 1.807) is 12.4 Å². The van der Waals surface area contributed by atoms with Crippen molar-refractivity contribution in [2.24, 2.45) is 5.92 Å². The molecule has 0 spiro atoms. The molecule has 1 saturated heterocycles. The van der Waals surface area contributed by atoms with E-state index in [-0.39, 0.29) is 5.91 Å². The molecule has 2 rings (SSSR count). The van der Waals surface area contributed by atoms with E-state index in [9.17, 15) is 4.79 Å². The van der Waals surface area contributed by atoms with E-state index in [0.29, 0.717) is 11.5 Å². The molecule has 0 atom stereocenters. The van der Waals surface area contributed by atoms with E-state index >= 15 is 0 Å². The lowest BCUT2D eigenvalue weighted by Gasteiger charge is -2.35. The number of piperazine rings is 1. The molecular weight excluding hydrogens is 306 g/mol. The summed E-state index contributed by atoms with van der Waals surface area (Å²) in [7, 11) is 0. The third-order valence-corrected chi connectivity index (χ3v) is 3.67. The first-order chi connectivity index (χ1) is 9.06. The number of carbonyl (C=O) groups is 1. The number of nitrogens with zero attached hydrogens (tertiary/aromatic N) is 3. The molecule has 1 aliphatic rings. The molecule has 1 aromatic rings. The monoisotopic (exact) mass is 325 g/mol. The molecule has 0 aliphatic carbocycles. The molecule has 5 heteroatoms. The standard InChI is InChI=1S/C14H20BrN3O/c1-11(2)10-17-3-5-18(6-4-17)14(19)12-7-13(15)9-16-8-12/h7-9,11H,3-6,10H2,1-2H3. The lowest BCUT2D eigenvalue weighted by Crippen LogP contribution is -2.49. The number of aromatic nitrogens is 1. The van der Waals surface area contributed by atoms with Crippen LogP contribution in [0.25, 0.3) is 0 Å². The highest BCUT2D eigenvalue weighted by Gasteiger charge is 2.22. The summed E-state index contributed by atoms with van der Waals surface area (Å²) in [6.45, 7) is 9.10. The fraction of sp³-hybridized carbons (Fsp3) is 0.571. The second-order valence-electron chi connectivity index (χ2n) is 5.38. The topological polar surface area (TPSA) is 36.4 Å². The van der Waals surface area contributed by atoms with Gasteiger partial charge in [0.25, 0.3) is 5.91 Å². The Bertz CT molecular complexity index is 442. The predicted molar refractivity (Wildman–Crippen MR) is 79.1 cm³/mol. The van der Waals surface area contributed by atoms with E-state index < -0.39 is 0 Å². The number of pyridine rings is 1. The van der Waals surface area contributed by atoms with Crippen molar-refractivity contribution in [2.45, 2.75) is 13.8 Å². The normalized spacial score (nSPS) is 16.9. The van der Waals surface area contributed by atoms with Gasteiger partial charge in [-0.25, -0.2) is 0 Å². The molecule has 1 aromatic heterocycles. The first-order valence-electron chi connectivity index (χ1n) is 6.68. The average molecular weight is 326 g/mol. The zero-order chi connectivity index (χ0) is 13.8. The summed E-state index contributed by atoms with van der Waals surface area (Å²) in [4.78, 5) is 20.7. The summed E-state index contributed by atoms with van der Waals surface area (Å²) >= 11 is 3.35. The zero-order valence-corrected chi connectivity index (χ0v) is 13.1. The fourth-order valence-corrected chi connectivity index (χ4v) is 2.73. The SMILES string of the molecule is CC(C)CN1CCN(C(=O)c2cncc(Br)c2)CC1. The number of hydrogen-bond donors (Lipinski definition) is 0. The van der Waals surface area contributed by atoms with Crippen LogP contribution < -0.4 is 0 Å². The Kier molecular flexibility index (Phi) is 4.93. The first kappa shape index (κ1) is 14.5. The van der Waals surface area contributed by atoms with Gasteiger partial charge in [0.2, 0.25) is 0 Å². The van der Waals surface area contributed by atoms with Gasteiger partial charge in [-0.2, -0.15) is 0 Å². The minimum atomic E-state index is 0.0815. The van der Waals surface area contributed by atoms with Gasteiger partial charge in [0.1, 0.15) is 0 Å². The molecule has 0 N–H and O–H groups in total. The third kappa shape index (κ3) is 4.01. The summed E-state index contributed by atoms with van der Waals surface area (Å²) in [5, 5.41) is 0. The van der Waals surface area contributed by atoms with Gasteiger partial charge in [-0.05, 0) is 27.9 Å². The Labute approximate surface area is 122 Å². The quantitative estimate of drug-likeness (QED) is 0.855. The average Bonchev–Trinajstić information content (AvgIpc) is 2.38. The van der Waals surface area contributed by atoms with Crippen molar-refractivity contribution in [1.29, 1.82) is 0 Å². The number of hydrogen-bond acceptors (Lipinski definition) is 3. The molecule has 4 nitrogen and oxygen atoms in total. The Morgan fingerprint density at radius 1 is 1.32 bits per heavy atom. The second kappa shape index (κ2) is 6.48. The summed E-state index contributed by atoms with van der Waals surface area (Å²) in [5.41, 5.74) is 0.659. The predicted octanol–water partition coefficient (Wildman–Crippen LogP) is 2.26. The Morgan fingerprint density at radius 3 is 2.58 bits per heavy atom. The highest BCUT2D eigenvalue weighted by atomic mass is 79.9. The van der Waals surface area contributed by atoms with Crippen LogP contribution in [0.5, 0.6) is 0 Å². The lowest BCUT2D eigenvalue weighted by molar-refractivity contribution is 0.0623. The zero-order valence-electron chi connectivity index (χ0n) is 11.5. The van der Waals surface area contributed by atoms with Gasteiger partial charge in [-0.15, -0.1) is 0 Å². The maximum atomic E-state index is 12.3. The summed E-state index contributed by atoms with van der Waals surface area (Å²) < 4.78 is 0.844. The summed E-state index contributed by atoms with van der Waals surface area (Å²) in [5.74, 6) is 0.759.